The summed E-state index contributed by atoms with van der Waals surface area (Å²) in [6.07, 6.45) is 0.755. The number of rotatable bonds is 5. The molecule has 0 aromatic heterocycles. The Morgan fingerprint density at radius 2 is 2.18 bits per heavy atom. The summed E-state index contributed by atoms with van der Waals surface area (Å²) in [5.41, 5.74) is -0.981. The van der Waals surface area contributed by atoms with Gasteiger partial charge in [-0.1, -0.05) is 18.5 Å². The third-order valence-electron chi connectivity index (χ3n) is 2.38. The van der Waals surface area contributed by atoms with E-state index in [0.717, 1.165) is 12.0 Å². The number of ether oxygens (including phenoxy) is 1. The lowest BCUT2D eigenvalue weighted by molar-refractivity contribution is -0.159. The Hall–Kier alpha value is -1.26. The van der Waals surface area contributed by atoms with Crippen molar-refractivity contribution >= 4 is 17.6 Å². The van der Waals surface area contributed by atoms with Crippen LogP contribution in [0.3, 0.4) is 0 Å². The maximum absolute atomic E-state index is 10.7. The number of carboxylic acids is 1. The number of hydrogen-bond acceptors (Lipinski definition) is 3. The van der Waals surface area contributed by atoms with Gasteiger partial charge >= 0.3 is 5.97 Å². The van der Waals surface area contributed by atoms with Crippen LogP contribution in [0.15, 0.2) is 18.2 Å². The first kappa shape index (κ1) is 13.8. The van der Waals surface area contributed by atoms with E-state index in [-0.39, 0.29) is 6.61 Å². The van der Waals surface area contributed by atoms with Gasteiger partial charge in [0.05, 0.1) is 0 Å². The monoisotopic (exact) mass is 258 g/mol. The second-order valence-corrected chi connectivity index (χ2v) is 4.38. The van der Waals surface area contributed by atoms with Gasteiger partial charge in [0.2, 0.25) is 0 Å². The van der Waals surface area contributed by atoms with E-state index in [0.29, 0.717) is 10.8 Å². The van der Waals surface area contributed by atoms with E-state index >= 15 is 0 Å². The molecular weight excluding hydrogens is 244 g/mol. The van der Waals surface area contributed by atoms with Crippen LogP contribution in [0.5, 0.6) is 5.75 Å². The van der Waals surface area contributed by atoms with Crippen molar-refractivity contribution in [1.29, 1.82) is 0 Å². The molecule has 2 N–H and O–H groups in total. The zero-order chi connectivity index (χ0) is 13.1. The van der Waals surface area contributed by atoms with Crippen molar-refractivity contribution in [2.45, 2.75) is 25.9 Å². The first-order valence-corrected chi connectivity index (χ1v) is 5.61. The fraction of sp³-hybridized carbons (Fsp3) is 0.417. The maximum atomic E-state index is 10.7. The van der Waals surface area contributed by atoms with Gasteiger partial charge in [-0.05, 0) is 37.1 Å². The minimum absolute atomic E-state index is 0.312. The highest BCUT2D eigenvalue weighted by atomic mass is 35.5. The summed E-state index contributed by atoms with van der Waals surface area (Å²) in [7, 11) is 0. The van der Waals surface area contributed by atoms with E-state index in [9.17, 15) is 9.90 Å². The van der Waals surface area contributed by atoms with Gasteiger partial charge in [0.1, 0.15) is 12.4 Å². The van der Waals surface area contributed by atoms with E-state index in [4.69, 9.17) is 21.4 Å². The van der Waals surface area contributed by atoms with Crippen LogP contribution >= 0.6 is 11.6 Å². The Kier molecular flexibility index (Phi) is 4.37. The molecule has 0 radical (unpaired) electrons. The molecule has 0 aliphatic heterocycles. The topological polar surface area (TPSA) is 66.8 Å². The zero-order valence-corrected chi connectivity index (χ0v) is 10.5. The smallest absolute Gasteiger partial charge is 0.339 e. The Labute approximate surface area is 105 Å². The third kappa shape index (κ3) is 3.61. The van der Waals surface area contributed by atoms with Crippen molar-refractivity contribution in [2.75, 3.05) is 6.61 Å². The van der Waals surface area contributed by atoms with Crippen LogP contribution in [0.1, 0.15) is 19.4 Å². The number of aliphatic hydroxyl groups is 1. The summed E-state index contributed by atoms with van der Waals surface area (Å²) in [4.78, 5) is 10.7. The van der Waals surface area contributed by atoms with Gasteiger partial charge in [-0.2, -0.15) is 0 Å². The molecule has 0 fully saturated rings. The lowest BCUT2D eigenvalue weighted by Crippen LogP contribution is -2.41. The first-order valence-electron chi connectivity index (χ1n) is 5.24. The average molecular weight is 259 g/mol. The highest BCUT2D eigenvalue weighted by molar-refractivity contribution is 6.31. The maximum Gasteiger partial charge on any atom is 0.339 e. The van der Waals surface area contributed by atoms with Crippen LogP contribution in [-0.4, -0.2) is 28.4 Å². The zero-order valence-electron chi connectivity index (χ0n) is 9.74. The summed E-state index contributed by atoms with van der Waals surface area (Å²) in [5.74, 6) is -0.824. The largest absolute Gasteiger partial charge is 0.490 e. The summed E-state index contributed by atoms with van der Waals surface area (Å²) >= 11 is 5.94. The molecule has 5 heteroatoms. The van der Waals surface area contributed by atoms with Gasteiger partial charge in [-0.25, -0.2) is 4.79 Å². The number of carbonyl (C=O) groups is 1. The number of hydrogen-bond donors (Lipinski definition) is 2. The van der Waals surface area contributed by atoms with E-state index in [1.54, 1.807) is 18.2 Å². The van der Waals surface area contributed by atoms with Crippen LogP contribution in [0, 0.1) is 0 Å². The molecule has 0 aliphatic carbocycles. The fourth-order valence-corrected chi connectivity index (χ4v) is 1.45. The Morgan fingerprint density at radius 3 is 2.71 bits per heavy atom. The van der Waals surface area contributed by atoms with Gasteiger partial charge in [0.15, 0.2) is 5.60 Å². The standard InChI is InChI=1S/C12H15ClO4/c1-3-8-6-9(4-5-10(8)13)17-7-12(2,16)11(14)15/h4-6,16H,3,7H2,1-2H3,(H,14,15). The molecule has 0 amide bonds. The fourth-order valence-electron chi connectivity index (χ4n) is 1.20. The molecule has 1 unspecified atom stereocenters. The lowest BCUT2D eigenvalue weighted by atomic mass is 10.1. The summed E-state index contributed by atoms with van der Waals surface area (Å²) in [5, 5.41) is 18.8. The normalized spacial score (nSPS) is 14.1. The molecule has 0 spiro atoms. The molecule has 0 bridgehead atoms. The van der Waals surface area contributed by atoms with Crippen molar-refractivity contribution in [3.63, 3.8) is 0 Å². The van der Waals surface area contributed by atoms with Gasteiger partial charge in [0, 0.05) is 5.02 Å². The number of aliphatic carboxylic acids is 1. The molecule has 0 saturated heterocycles. The minimum atomic E-state index is -1.90. The van der Waals surface area contributed by atoms with E-state index in [2.05, 4.69) is 0 Å². The molecule has 17 heavy (non-hydrogen) atoms. The number of benzene rings is 1. The van der Waals surface area contributed by atoms with Crippen molar-refractivity contribution < 1.29 is 19.7 Å². The van der Waals surface area contributed by atoms with Crippen LogP contribution in [-0.2, 0) is 11.2 Å². The number of carboxylic acid groups (broad SMARTS) is 1. The lowest BCUT2D eigenvalue weighted by Gasteiger charge is -2.18. The highest BCUT2D eigenvalue weighted by Crippen LogP contribution is 2.23. The second kappa shape index (κ2) is 5.38. The predicted octanol–water partition coefficient (Wildman–Crippen LogP) is 2.12. The van der Waals surface area contributed by atoms with Crippen LogP contribution in [0.4, 0.5) is 0 Å². The number of aryl methyl sites for hydroxylation is 1. The van der Waals surface area contributed by atoms with Crippen molar-refractivity contribution in [1.82, 2.24) is 0 Å². The highest BCUT2D eigenvalue weighted by Gasteiger charge is 2.30. The molecule has 94 valence electrons. The molecule has 1 aromatic carbocycles. The second-order valence-electron chi connectivity index (χ2n) is 3.97. The van der Waals surface area contributed by atoms with Gasteiger partial charge in [-0.15, -0.1) is 0 Å². The third-order valence-corrected chi connectivity index (χ3v) is 2.75. The Morgan fingerprint density at radius 1 is 1.53 bits per heavy atom. The molecule has 1 aromatic rings. The molecule has 1 rings (SSSR count). The first-order chi connectivity index (χ1) is 7.86. The average Bonchev–Trinajstić information content (AvgIpc) is 2.28. The summed E-state index contributed by atoms with van der Waals surface area (Å²) in [6.45, 7) is 2.83. The van der Waals surface area contributed by atoms with E-state index in [1.807, 2.05) is 6.92 Å². The van der Waals surface area contributed by atoms with Gasteiger partial charge in [-0.3, -0.25) is 0 Å². The number of halogens is 1. The molecular formula is C12H15ClO4. The molecule has 0 heterocycles. The van der Waals surface area contributed by atoms with E-state index < -0.39 is 11.6 Å². The van der Waals surface area contributed by atoms with E-state index in [1.165, 1.54) is 6.92 Å². The Balaban J connectivity index is 2.73. The van der Waals surface area contributed by atoms with Crippen molar-refractivity contribution in [2.24, 2.45) is 0 Å². The minimum Gasteiger partial charge on any atom is -0.490 e. The van der Waals surface area contributed by atoms with Crippen LogP contribution in [0.25, 0.3) is 0 Å². The SMILES string of the molecule is CCc1cc(OCC(C)(O)C(=O)O)ccc1Cl. The van der Waals surface area contributed by atoms with Crippen LogP contribution in [0.2, 0.25) is 5.02 Å². The summed E-state index contributed by atoms with van der Waals surface area (Å²) in [6, 6.07) is 5.06. The quantitative estimate of drug-likeness (QED) is 0.849. The molecule has 0 aliphatic rings. The van der Waals surface area contributed by atoms with Crippen molar-refractivity contribution in [3.8, 4) is 5.75 Å². The molecule has 4 nitrogen and oxygen atoms in total. The molecule has 1 atom stereocenters. The van der Waals surface area contributed by atoms with Gasteiger partial charge < -0.3 is 14.9 Å². The molecule has 0 saturated carbocycles. The Bertz CT molecular complexity index is 415. The predicted molar refractivity (Wildman–Crippen MR) is 64.6 cm³/mol. The van der Waals surface area contributed by atoms with Crippen LogP contribution < -0.4 is 4.74 Å². The van der Waals surface area contributed by atoms with Crippen molar-refractivity contribution in [3.05, 3.63) is 28.8 Å². The van der Waals surface area contributed by atoms with Gasteiger partial charge in [0.25, 0.3) is 0 Å². The summed E-state index contributed by atoms with van der Waals surface area (Å²) < 4.78 is 5.24.